The van der Waals surface area contributed by atoms with Crippen LogP contribution in [0.25, 0.3) is 22.5 Å². The van der Waals surface area contributed by atoms with Crippen LogP contribution in [0.5, 0.6) is 5.88 Å². The smallest absolute Gasteiger partial charge is 0.220 e. The molecule has 3 fully saturated rings. The zero-order valence-corrected chi connectivity index (χ0v) is 27.5. The fraction of sp³-hybridized carbons (Fsp3) is 0.343. The van der Waals surface area contributed by atoms with Crippen molar-refractivity contribution in [3.63, 3.8) is 0 Å². The lowest BCUT2D eigenvalue weighted by atomic mass is 9.74. The van der Waals surface area contributed by atoms with Crippen LogP contribution in [0.3, 0.4) is 0 Å². The number of rotatable bonds is 11. The van der Waals surface area contributed by atoms with E-state index in [1.807, 2.05) is 36.4 Å². The third-order valence-corrected chi connectivity index (χ3v) is 9.99. The lowest BCUT2D eigenvalue weighted by molar-refractivity contribution is -0.119. The van der Waals surface area contributed by atoms with Crippen LogP contribution in [0.4, 0.5) is 15.8 Å². The SMILES string of the molecule is COc1nc(-c2ccnc(-c3cccc(Nc4cccc(CN5CC6(CNC6)C5)c4F)c3Cl)c2Cl)ccc1CNCC1CCC(=O)N1. The number of amides is 1. The van der Waals surface area contributed by atoms with Crippen LogP contribution in [0.15, 0.2) is 60.8 Å². The second-order valence-electron chi connectivity index (χ2n) is 12.6. The van der Waals surface area contributed by atoms with Crippen LogP contribution >= 0.6 is 23.2 Å². The molecule has 5 heterocycles. The highest BCUT2D eigenvalue weighted by Gasteiger charge is 2.47. The Hall–Kier alpha value is -3.80. The predicted molar refractivity (Wildman–Crippen MR) is 183 cm³/mol. The molecule has 244 valence electrons. The summed E-state index contributed by atoms with van der Waals surface area (Å²) in [6, 6.07) is 16.6. The van der Waals surface area contributed by atoms with Crippen LogP contribution in [-0.4, -0.2) is 66.7 Å². The Labute approximate surface area is 283 Å². The van der Waals surface area contributed by atoms with Gasteiger partial charge in [0.1, 0.15) is 0 Å². The van der Waals surface area contributed by atoms with Crippen molar-refractivity contribution in [3.05, 3.63) is 87.8 Å². The van der Waals surface area contributed by atoms with Gasteiger partial charge < -0.3 is 26.0 Å². The molecule has 3 aliphatic heterocycles. The van der Waals surface area contributed by atoms with Crippen LogP contribution < -0.4 is 26.0 Å². The molecular weight excluding hydrogens is 640 g/mol. The number of pyridine rings is 2. The standard InChI is InChI=1S/C35H36Cl2FN7O2/c1-47-34-21(14-39-15-23-9-11-29(46)42-23)8-10-26(44-34)24-12-13-41-33(31(24)37)25-5-3-6-27(30(25)36)43-28-7-2-4-22(32(28)38)16-45-19-35(20-45)17-40-18-35/h2-8,10,12-13,23,39-40,43H,9,11,14-20H2,1H3,(H,42,46). The summed E-state index contributed by atoms with van der Waals surface area (Å²) in [6.07, 6.45) is 3.06. The Bertz CT molecular complexity index is 1810. The van der Waals surface area contributed by atoms with Gasteiger partial charge in [-0.15, -0.1) is 0 Å². The molecule has 7 rings (SSSR count). The number of carbonyl (C=O) groups excluding carboxylic acids is 1. The molecule has 0 saturated carbocycles. The average molecular weight is 677 g/mol. The van der Waals surface area contributed by atoms with Crippen molar-refractivity contribution in [2.75, 3.05) is 45.2 Å². The number of likely N-dealkylation sites (tertiary alicyclic amines) is 1. The van der Waals surface area contributed by atoms with Crippen molar-refractivity contribution < 1.29 is 13.9 Å². The summed E-state index contributed by atoms with van der Waals surface area (Å²) in [5.41, 5.74) is 5.18. The summed E-state index contributed by atoms with van der Waals surface area (Å²) in [6.45, 7) is 5.84. The molecule has 0 radical (unpaired) electrons. The van der Waals surface area contributed by atoms with Gasteiger partial charge in [0.2, 0.25) is 11.8 Å². The highest BCUT2D eigenvalue weighted by Crippen LogP contribution is 2.41. The van der Waals surface area contributed by atoms with Crippen LogP contribution in [-0.2, 0) is 17.9 Å². The zero-order valence-electron chi connectivity index (χ0n) is 26.0. The number of hydrogen-bond donors (Lipinski definition) is 4. The molecule has 1 atom stereocenters. The van der Waals surface area contributed by atoms with Crippen molar-refractivity contribution in [3.8, 4) is 28.4 Å². The number of nitrogens with one attached hydrogen (secondary N) is 4. The third kappa shape index (κ3) is 6.53. The molecule has 0 aliphatic carbocycles. The molecule has 2 aromatic carbocycles. The summed E-state index contributed by atoms with van der Waals surface area (Å²) < 4.78 is 21.3. The van der Waals surface area contributed by atoms with Gasteiger partial charge in [0.15, 0.2) is 5.82 Å². The number of anilines is 2. The van der Waals surface area contributed by atoms with E-state index in [9.17, 15) is 4.79 Å². The molecule has 4 N–H and O–H groups in total. The largest absolute Gasteiger partial charge is 0.481 e. The van der Waals surface area contributed by atoms with Gasteiger partial charge in [0.25, 0.3) is 0 Å². The Morgan fingerprint density at radius 2 is 1.83 bits per heavy atom. The molecule has 47 heavy (non-hydrogen) atoms. The van der Waals surface area contributed by atoms with E-state index >= 15 is 4.39 Å². The number of halogens is 3. The van der Waals surface area contributed by atoms with Gasteiger partial charge in [0.05, 0.1) is 39.9 Å². The molecule has 12 heteroatoms. The van der Waals surface area contributed by atoms with Crippen molar-refractivity contribution in [2.24, 2.45) is 5.41 Å². The Kier molecular flexibility index (Phi) is 9.04. The predicted octanol–water partition coefficient (Wildman–Crippen LogP) is 5.78. The maximum absolute atomic E-state index is 15.7. The summed E-state index contributed by atoms with van der Waals surface area (Å²) in [4.78, 5) is 23.1. The number of carbonyl (C=O) groups is 1. The molecular formula is C35H36Cl2FN7O2. The molecule has 1 amide bonds. The molecule has 1 unspecified atom stereocenters. The number of aromatic nitrogens is 2. The van der Waals surface area contributed by atoms with Gasteiger partial charge in [-0.2, -0.15) is 0 Å². The first-order valence-corrected chi connectivity index (χ1v) is 16.5. The maximum Gasteiger partial charge on any atom is 0.220 e. The Morgan fingerprint density at radius 1 is 1.02 bits per heavy atom. The number of ether oxygens (including phenoxy) is 1. The normalized spacial score (nSPS) is 18.5. The second-order valence-corrected chi connectivity index (χ2v) is 13.4. The number of hydrogen-bond acceptors (Lipinski definition) is 8. The van der Waals surface area contributed by atoms with E-state index in [-0.39, 0.29) is 17.8 Å². The minimum absolute atomic E-state index is 0.0923. The van der Waals surface area contributed by atoms with E-state index in [1.54, 1.807) is 31.5 Å². The zero-order chi connectivity index (χ0) is 32.5. The third-order valence-electron chi connectivity index (χ3n) is 9.20. The number of nitrogens with zero attached hydrogens (tertiary/aromatic N) is 3. The number of benzene rings is 2. The van der Waals surface area contributed by atoms with E-state index in [0.717, 1.165) is 38.2 Å². The van der Waals surface area contributed by atoms with Gasteiger partial charge in [0, 0.05) is 92.1 Å². The number of methoxy groups -OCH3 is 1. The van der Waals surface area contributed by atoms with Gasteiger partial charge in [-0.05, 0) is 30.7 Å². The fourth-order valence-electron chi connectivity index (χ4n) is 6.68. The quantitative estimate of drug-likeness (QED) is 0.159. The van der Waals surface area contributed by atoms with Gasteiger partial charge in [-0.25, -0.2) is 9.37 Å². The average Bonchev–Trinajstić information content (AvgIpc) is 3.45. The monoisotopic (exact) mass is 675 g/mol. The van der Waals surface area contributed by atoms with Crippen molar-refractivity contribution in [1.29, 1.82) is 0 Å². The maximum atomic E-state index is 15.7. The topological polar surface area (TPSA) is 103 Å². The van der Waals surface area contributed by atoms with Crippen molar-refractivity contribution >= 4 is 40.5 Å². The van der Waals surface area contributed by atoms with E-state index in [1.165, 1.54) is 0 Å². The summed E-state index contributed by atoms with van der Waals surface area (Å²) >= 11 is 13.9. The van der Waals surface area contributed by atoms with Crippen molar-refractivity contribution in [2.45, 2.75) is 32.0 Å². The highest BCUT2D eigenvalue weighted by atomic mass is 35.5. The molecule has 0 bridgehead atoms. The van der Waals surface area contributed by atoms with Gasteiger partial charge in [-0.3, -0.25) is 14.7 Å². The first-order chi connectivity index (χ1) is 22.8. The minimum atomic E-state index is -0.288. The molecule has 9 nitrogen and oxygen atoms in total. The van der Waals surface area contributed by atoms with E-state index in [0.29, 0.717) is 86.8 Å². The van der Waals surface area contributed by atoms with E-state index in [4.69, 9.17) is 32.9 Å². The second kappa shape index (κ2) is 13.4. The lowest BCUT2D eigenvalue weighted by Crippen LogP contribution is -2.70. The molecule has 1 spiro atoms. The van der Waals surface area contributed by atoms with Crippen LogP contribution in [0.1, 0.15) is 24.0 Å². The highest BCUT2D eigenvalue weighted by molar-refractivity contribution is 6.39. The molecule has 3 aliphatic rings. The lowest BCUT2D eigenvalue weighted by Gasteiger charge is -2.56. The van der Waals surface area contributed by atoms with Crippen LogP contribution in [0.2, 0.25) is 10.0 Å². The van der Waals surface area contributed by atoms with Crippen LogP contribution in [0, 0.1) is 11.2 Å². The van der Waals surface area contributed by atoms with Gasteiger partial charge in [-0.1, -0.05) is 53.5 Å². The molecule has 4 aromatic rings. The molecule has 3 saturated heterocycles. The molecule has 2 aromatic heterocycles. The summed E-state index contributed by atoms with van der Waals surface area (Å²) in [7, 11) is 1.58. The Balaban J connectivity index is 1.08. The van der Waals surface area contributed by atoms with Crippen molar-refractivity contribution in [1.82, 2.24) is 30.8 Å². The van der Waals surface area contributed by atoms with E-state index < -0.39 is 0 Å². The first-order valence-electron chi connectivity index (χ1n) is 15.8. The van der Waals surface area contributed by atoms with Gasteiger partial charge >= 0.3 is 0 Å². The summed E-state index contributed by atoms with van der Waals surface area (Å²) in [5, 5.41) is 13.6. The van der Waals surface area contributed by atoms with E-state index in [2.05, 4.69) is 31.2 Å². The Morgan fingerprint density at radius 3 is 2.57 bits per heavy atom. The minimum Gasteiger partial charge on any atom is -0.481 e. The fourth-order valence-corrected chi connectivity index (χ4v) is 7.26. The summed E-state index contributed by atoms with van der Waals surface area (Å²) in [5.74, 6) is 0.278. The first kappa shape index (κ1) is 31.8.